The molecule has 64 valence electrons. The zero-order valence-corrected chi connectivity index (χ0v) is 7.58. The van der Waals surface area contributed by atoms with Gasteiger partial charge < -0.3 is 9.84 Å². The molecule has 1 unspecified atom stereocenters. The molecule has 0 aliphatic carbocycles. The van der Waals surface area contributed by atoms with Gasteiger partial charge in [0.25, 0.3) is 0 Å². The molecule has 1 aliphatic rings. The van der Waals surface area contributed by atoms with Gasteiger partial charge in [-0.25, -0.2) is 0 Å². The number of aliphatic hydroxyl groups is 1. The topological polar surface area (TPSA) is 29.5 Å². The van der Waals surface area contributed by atoms with Crippen LogP contribution < -0.4 is 0 Å². The van der Waals surface area contributed by atoms with Crippen LogP contribution in [0.4, 0.5) is 0 Å². The van der Waals surface area contributed by atoms with Gasteiger partial charge in [-0.05, 0) is 18.3 Å². The highest BCUT2D eigenvalue weighted by atomic mass is 16.5. The molecular weight excluding hydrogens is 139 g/mol. The molecule has 2 nitrogen and oxygen atoms in total. The van der Waals surface area contributed by atoms with E-state index in [1.807, 2.05) is 0 Å². The van der Waals surface area contributed by atoms with E-state index in [1.165, 1.54) is 0 Å². The van der Waals surface area contributed by atoms with Gasteiger partial charge in [0.2, 0.25) is 0 Å². The van der Waals surface area contributed by atoms with Crippen molar-refractivity contribution in [1.29, 1.82) is 0 Å². The highest BCUT2D eigenvalue weighted by Gasteiger charge is 2.33. The molecule has 0 aromatic carbocycles. The maximum Gasteiger partial charge on any atom is 0.139 e. The lowest BCUT2D eigenvalue weighted by Gasteiger charge is -2.19. The molecule has 0 aromatic heterocycles. The first-order chi connectivity index (χ1) is 5.15. The number of hydrogen-bond donors (Lipinski definition) is 1. The van der Waals surface area contributed by atoms with E-state index in [1.54, 1.807) is 0 Å². The first kappa shape index (κ1) is 9.08. The SMILES string of the molecule is B[C@@H]1C[C@@H](C(C)C)C(CO)O1. The minimum absolute atomic E-state index is 0.0880. The van der Waals surface area contributed by atoms with Crippen molar-refractivity contribution in [2.75, 3.05) is 6.61 Å². The van der Waals surface area contributed by atoms with Crippen LogP contribution in [0.1, 0.15) is 20.3 Å². The van der Waals surface area contributed by atoms with Gasteiger partial charge in [0.05, 0.1) is 12.7 Å². The molecule has 3 atom stereocenters. The van der Waals surface area contributed by atoms with Crippen LogP contribution in [-0.2, 0) is 4.74 Å². The number of ether oxygens (including phenoxy) is 1. The number of aliphatic hydroxyl groups excluding tert-OH is 1. The van der Waals surface area contributed by atoms with E-state index in [9.17, 15) is 0 Å². The summed E-state index contributed by atoms with van der Waals surface area (Å²) in [5.74, 6) is 1.17. The van der Waals surface area contributed by atoms with Gasteiger partial charge in [-0.3, -0.25) is 0 Å². The van der Waals surface area contributed by atoms with Crippen LogP contribution >= 0.6 is 0 Å². The first-order valence-electron chi connectivity index (χ1n) is 4.41. The molecule has 0 saturated carbocycles. The summed E-state index contributed by atoms with van der Waals surface area (Å²) in [4.78, 5) is 0. The summed E-state index contributed by atoms with van der Waals surface area (Å²) < 4.78 is 5.53. The monoisotopic (exact) mass is 156 g/mol. The molecule has 0 aromatic rings. The standard InChI is InChI=1S/C8H17BO2/c1-5(2)6-3-8(9)11-7(6)4-10/h5-8,10H,3-4,9H2,1-2H3/t6-,7?,8-/m0/s1. The van der Waals surface area contributed by atoms with Crippen molar-refractivity contribution in [1.82, 2.24) is 0 Å². The molecule has 1 N–H and O–H groups in total. The molecule has 0 amide bonds. The van der Waals surface area contributed by atoms with E-state index in [2.05, 4.69) is 21.7 Å². The van der Waals surface area contributed by atoms with Gasteiger partial charge >= 0.3 is 0 Å². The Hall–Kier alpha value is -0.0151. The third-order valence-corrected chi connectivity index (χ3v) is 2.52. The Bertz CT molecular complexity index is 127. The van der Waals surface area contributed by atoms with Crippen molar-refractivity contribution >= 4 is 7.85 Å². The van der Waals surface area contributed by atoms with Crippen molar-refractivity contribution in [3.63, 3.8) is 0 Å². The maximum absolute atomic E-state index is 8.98. The van der Waals surface area contributed by atoms with Crippen molar-refractivity contribution in [2.45, 2.75) is 32.4 Å². The van der Waals surface area contributed by atoms with Crippen LogP contribution in [0.15, 0.2) is 0 Å². The molecule has 1 heterocycles. The van der Waals surface area contributed by atoms with E-state index < -0.39 is 0 Å². The number of rotatable bonds is 2. The third-order valence-electron chi connectivity index (χ3n) is 2.52. The Kier molecular flexibility index (Phi) is 2.96. The fraction of sp³-hybridized carbons (Fsp3) is 1.00. The number of hydrogen-bond acceptors (Lipinski definition) is 2. The molecule has 0 bridgehead atoms. The predicted molar refractivity (Wildman–Crippen MR) is 47.2 cm³/mol. The Morgan fingerprint density at radius 1 is 1.64 bits per heavy atom. The normalized spacial score (nSPS) is 38.4. The summed E-state index contributed by atoms with van der Waals surface area (Å²) in [6.07, 6.45) is 1.19. The van der Waals surface area contributed by atoms with Gasteiger partial charge in [-0.1, -0.05) is 13.8 Å². The summed E-state index contributed by atoms with van der Waals surface area (Å²) >= 11 is 0. The zero-order valence-electron chi connectivity index (χ0n) is 7.58. The van der Waals surface area contributed by atoms with Crippen molar-refractivity contribution in [2.24, 2.45) is 11.8 Å². The summed E-state index contributed by atoms with van der Waals surface area (Å²) in [5.41, 5.74) is 0. The predicted octanol–water partition coefficient (Wildman–Crippen LogP) is -0.00100. The zero-order chi connectivity index (χ0) is 8.43. The van der Waals surface area contributed by atoms with Crippen molar-refractivity contribution < 1.29 is 9.84 Å². The van der Waals surface area contributed by atoms with Crippen LogP contribution in [-0.4, -0.2) is 31.7 Å². The molecule has 1 aliphatic heterocycles. The molecule has 0 spiro atoms. The average molecular weight is 156 g/mol. The van der Waals surface area contributed by atoms with Gasteiger partial charge in [0, 0.05) is 6.00 Å². The van der Waals surface area contributed by atoms with E-state index in [0.717, 1.165) is 6.42 Å². The van der Waals surface area contributed by atoms with Gasteiger partial charge in [0.15, 0.2) is 0 Å². The summed E-state index contributed by atoms with van der Waals surface area (Å²) in [6.45, 7) is 4.55. The summed E-state index contributed by atoms with van der Waals surface area (Å²) in [5, 5.41) is 8.98. The van der Waals surface area contributed by atoms with Crippen molar-refractivity contribution in [3.8, 4) is 0 Å². The fourth-order valence-corrected chi connectivity index (χ4v) is 1.87. The molecule has 11 heavy (non-hydrogen) atoms. The fourth-order valence-electron chi connectivity index (χ4n) is 1.87. The van der Waals surface area contributed by atoms with Gasteiger partial charge in [0.1, 0.15) is 7.85 Å². The molecule has 3 heteroatoms. The molecule has 0 radical (unpaired) electrons. The lowest BCUT2D eigenvalue weighted by atomic mass is 9.84. The van der Waals surface area contributed by atoms with Gasteiger partial charge in [-0.15, -0.1) is 0 Å². The summed E-state index contributed by atoms with van der Waals surface area (Å²) in [6, 6.07) is 0.333. The van der Waals surface area contributed by atoms with Crippen LogP contribution in [0.25, 0.3) is 0 Å². The quantitative estimate of drug-likeness (QED) is 0.570. The minimum atomic E-state index is 0.0880. The van der Waals surface area contributed by atoms with Crippen LogP contribution in [0, 0.1) is 11.8 Å². The smallest absolute Gasteiger partial charge is 0.139 e. The summed E-state index contributed by atoms with van der Waals surface area (Å²) in [7, 11) is 2.07. The largest absolute Gasteiger partial charge is 0.394 e. The van der Waals surface area contributed by atoms with E-state index >= 15 is 0 Å². The molecule has 1 saturated heterocycles. The second kappa shape index (κ2) is 3.59. The lowest BCUT2D eigenvalue weighted by Crippen LogP contribution is -2.24. The van der Waals surface area contributed by atoms with Crippen molar-refractivity contribution in [3.05, 3.63) is 0 Å². The van der Waals surface area contributed by atoms with Crippen LogP contribution in [0.3, 0.4) is 0 Å². The molecule has 1 fully saturated rings. The molecule has 1 rings (SSSR count). The Morgan fingerprint density at radius 3 is 2.64 bits per heavy atom. The minimum Gasteiger partial charge on any atom is -0.394 e. The third kappa shape index (κ3) is 1.97. The highest BCUT2D eigenvalue weighted by Crippen LogP contribution is 2.30. The van der Waals surface area contributed by atoms with E-state index in [4.69, 9.17) is 9.84 Å². The highest BCUT2D eigenvalue weighted by molar-refractivity contribution is 6.11. The van der Waals surface area contributed by atoms with Crippen LogP contribution in [0.5, 0.6) is 0 Å². The van der Waals surface area contributed by atoms with Gasteiger partial charge in [-0.2, -0.15) is 0 Å². The average Bonchev–Trinajstić information content (AvgIpc) is 2.30. The van der Waals surface area contributed by atoms with E-state index in [0.29, 0.717) is 17.8 Å². The van der Waals surface area contributed by atoms with E-state index in [-0.39, 0.29) is 12.7 Å². The van der Waals surface area contributed by atoms with Crippen LogP contribution in [0.2, 0.25) is 0 Å². The second-order valence-corrected chi connectivity index (χ2v) is 3.81. The second-order valence-electron chi connectivity index (χ2n) is 3.81. The molecular formula is C8H17BO2. The Balaban J connectivity index is 2.50. The Labute approximate surface area is 69.3 Å². The first-order valence-corrected chi connectivity index (χ1v) is 4.41. The lowest BCUT2D eigenvalue weighted by molar-refractivity contribution is 0.0187. The Morgan fingerprint density at radius 2 is 2.27 bits per heavy atom. The maximum atomic E-state index is 8.98.